The number of nitrogens with zero attached hydrogens (tertiary/aromatic N) is 4. The van der Waals surface area contributed by atoms with Crippen molar-refractivity contribution >= 4 is 28.9 Å². The summed E-state index contributed by atoms with van der Waals surface area (Å²) in [6.07, 6.45) is 2.26. The molecule has 2 heterocycles. The summed E-state index contributed by atoms with van der Waals surface area (Å²) in [5.41, 5.74) is 1.15. The summed E-state index contributed by atoms with van der Waals surface area (Å²) in [4.78, 5) is 14.1. The number of hydrogen-bond acceptors (Lipinski definition) is 13. The van der Waals surface area contributed by atoms with Crippen LogP contribution in [0.5, 0.6) is 40.2 Å². The molecular formula is C34H36N4O9S. The number of ether oxygens (including phenoxy) is 7. The van der Waals surface area contributed by atoms with Crippen LogP contribution in [0.1, 0.15) is 17.8 Å². The fraction of sp³-hybridized carbons (Fsp3) is 0.294. The lowest BCUT2D eigenvalue weighted by Crippen LogP contribution is -2.13. The number of benzene rings is 3. The molecule has 0 aliphatic rings. The first-order chi connectivity index (χ1) is 23.4. The Kier molecular flexibility index (Phi) is 11.0. The van der Waals surface area contributed by atoms with Crippen molar-refractivity contribution in [3.8, 4) is 51.6 Å². The molecule has 0 bridgehead atoms. The van der Waals surface area contributed by atoms with Gasteiger partial charge in [0.25, 0.3) is 0 Å². The molecule has 0 saturated carbocycles. The molecule has 2 aromatic heterocycles. The molecule has 0 atom stereocenters. The van der Waals surface area contributed by atoms with Crippen LogP contribution in [0.3, 0.4) is 0 Å². The summed E-state index contributed by atoms with van der Waals surface area (Å²) in [5, 5.41) is 13.9. The summed E-state index contributed by atoms with van der Waals surface area (Å²) in [5.74, 6) is 4.03. The van der Waals surface area contributed by atoms with Gasteiger partial charge in [0.15, 0.2) is 23.1 Å². The highest BCUT2D eigenvalue weighted by Gasteiger charge is 2.24. The number of aryl methyl sites for hydroxylation is 1. The largest absolute Gasteiger partial charge is 0.496 e. The van der Waals surface area contributed by atoms with Crippen molar-refractivity contribution in [3.05, 3.63) is 70.1 Å². The Bertz CT molecular complexity index is 1970. The predicted molar refractivity (Wildman–Crippen MR) is 182 cm³/mol. The molecule has 0 saturated heterocycles. The summed E-state index contributed by atoms with van der Waals surface area (Å²) in [6.45, 7) is 2.02. The maximum atomic E-state index is 14.1. The summed E-state index contributed by atoms with van der Waals surface area (Å²) >= 11 is 1.46. The molecule has 5 aromatic rings. The number of para-hydroxylation sites is 1. The Hall–Kier alpha value is -5.37. The summed E-state index contributed by atoms with van der Waals surface area (Å²) < 4.78 is 47.2. The second kappa shape index (κ2) is 15.5. The van der Waals surface area contributed by atoms with Gasteiger partial charge >= 0.3 is 0 Å². The lowest BCUT2D eigenvalue weighted by Gasteiger charge is -2.17. The average Bonchev–Trinajstić information content (AvgIpc) is 3.47. The molecular weight excluding hydrogens is 640 g/mol. The molecule has 5 rings (SSSR count). The SMILES string of the molecule is COc1cc(OC)c2c(=O)c(OCCCSc3nnc(C)n3N=Cc3ccccc3OC)c(-c3cc(OC)c(OC)c(OC)c3)oc2c1. The topological polar surface area (TPSA) is 138 Å². The van der Waals surface area contributed by atoms with Crippen molar-refractivity contribution in [2.75, 3.05) is 55.0 Å². The van der Waals surface area contributed by atoms with Crippen molar-refractivity contribution in [2.45, 2.75) is 18.5 Å². The van der Waals surface area contributed by atoms with E-state index < -0.39 is 5.43 Å². The molecule has 0 aliphatic carbocycles. The van der Waals surface area contributed by atoms with Crippen molar-refractivity contribution in [1.29, 1.82) is 0 Å². The lowest BCUT2D eigenvalue weighted by atomic mass is 10.1. The Morgan fingerprint density at radius 3 is 2.21 bits per heavy atom. The maximum absolute atomic E-state index is 14.1. The van der Waals surface area contributed by atoms with Crippen molar-refractivity contribution in [2.24, 2.45) is 5.10 Å². The van der Waals surface area contributed by atoms with E-state index in [0.717, 1.165) is 5.56 Å². The molecule has 13 nitrogen and oxygen atoms in total. The van der Waals surface area contributed by atoms with Gasteiger partial charge in [0.1, 0.15) is 28.2 Å². The van der Waals surface area contributed by atoms with Gasteiger partial charge < -0.3 is 37.6 Å². The third-order valence-corrected chi connectivity index (χ3v) is 8.26. The van der Waals surface area contributed by atoms with E-state index in [1.807, 2.05) is 31.2 Å². The number of aromatic nitrogens is 3. The molecule has 0 aliphatic heterocycles. The molecule has 0 N–H and O–H groups in total. The van der Waals surface area contributed by atoms with Gasteiger partial charge in [-0.1, -0.05) is 23.9 Å². The van der Waals surface area contributed by atoms with Crippen LogP contribution in [0.25, 0.3) is 22.3 Å². The second-order valence-corrected chi connectivity index (χ2v) is 11.1. The first-order valence-electron chi connectivity index (χ1n) is 14.8. The zero-order chi connectivity index (χ0) is 34.2. The minimum absolute atomic E-state index is 0.00524. The Morgan fingerprint density at radius 2 is 1.54 bits per heavy atom. The average molecular weight is 677 g/mol. The van der Waals surface area contributed by atoms with E-state index in [9.17, 15) is 4.79 Å². The van der Waals surface area contributed by atoms with E-state index in [1.165, 1.54) is 47.3 Å². The number of thioether (sulfide) groups is 1. The quantitative estimate of drug-likeness (QED) is 0.0746. The van der Waals surface area contributed by atoms with Gasteiger partial charge in [-0.25, -0.2) is 0 Å². The minimum atomic E-state index is -0.409. The molecule has 0 radical (unpaired) electrons. The van der Waals surface area contributed by atoms with Crippen LogP contribution < -0.4 is 38.6 Å². The smallest absolute Gasteiger partial charge is 0.239 e. The number of methoxy groups -OCH3 is 6. The summed E-state index contributed by atoms with van der Waals surface area (Å²) in [6, 6.07) is 14.2. The molecule has 14 heteroatoms. The summed E-state index contributed by atoms with van der Waals surface area (Å²) in [7, 11) is 9.13. The van der Waals surface area contributed by atoms with E-state index in [0.29, 0.717) is 63.2 Å². The van der Waals surface area contributed by atoms with Gasteiger partial charge in [0.2, 0.25) is 22.1 Å². The Labute approximate surface area is 281 Å². The van der Waals surface area contributed by atoms with E-state index in [-0.39, 0.29) is 29.1 Å². The van der Waals surface area contributed by atoms with Crippen molar-refractivity contribution in [1.82, 2.24) is 14.9 Å². The van der Waals surface area contributed by atoms with Crippen LogP contribution in [0.2, 0.25) is 0 Å². The number of fused-ring (bicyclic) bond motifs is 1. The van der Waals surface area contributed by atoms with E-state index in [1.54, 1.807) is 42.3 Å². The highest BCUT2D eigenvalue weighted by atomic mass is 32.2. The van der Waals surface area contributed by atoms with Crippen molar-refractivity contribution < 1.29 is 37.6 Å². The maximum Gasteiger partial charge on any atom is 0.239 e. The van der Waals surface area contributed by atoms with Crippen LogP contribution in [-0.4, -0.2) is 76.1 Å². The van der Waals surface area contributed by atoms with Gasteiger partial charge in [0.05, 0.1) is 55.5 Å². The zero-order valence-corrected chi connectivity index (χ0v) is 28.5. The molecule has 0 spiro atoms. The minimum Gasteiger partial charge on any atom is -0.496 e. The van der Waals surface area contributed by atoms with Crippen molar-refractivity contribution in [3.63, 3.8) is 0 Å². The van der Waals surface area contributed by atoms with Crippen LogP contribution in [0.4, 0.5) is 0 Å². The van der Waals surface area contributed by atoms with E-state index >= 15 is 0 Å². The molecule has 3 aromatic carbocycles. The zero-order valence-electron chi connectivity index (χ0n) is 27.7. The molecule has 0 fully saturated rings. The Morgan fingerprint density at radius 1 is 0.833 bits per heavy atom. The normalized spacial score (nSPS) is 11.1. The third kappa shape index (κ3) is 6.98. The highest BCUT2D eigenvalue weighted by molar-refractivity contribution is 7.99. The van der Waals surface area contributed by atoms with E-state index in [2.05, 4.69) is 15.3 Å². The second-order valence-electron chi connectivity index (χ2n) is 10.1. The molecule has 0 amide bonds. The van der Waals surface area contributed by atoms with Crippen LogP contribution in [-0.2, 0) is 0 Å². The Balaban J connectivity index is 1.42. The third-order valence-electron chi connectivity index (χ3n) is 7.26. The fourth-order valence-corrected chi connectivity index (χ4v) is 5.75. The lowest BCUT2D eigenvalue weighted by molar-refractivity contribution is 0.309. The molecule has 0 unspecified atom stereocenters. The molecule has 48 heavy (non-hydrogen) atoms. The number of hydrogen-bond donors (Lipinski definition) is 0. The first-order valence-corrected chi connectivity index (χ1v) is 15.7. The van der Waals surface area contributed by atoms with Gasteiger partial charge in [-0.15, -0.1) is 10.2 Å². The highest BCUT2D eigenvalue weighted by Crippen LogP contribution is 2.44. The first kappa shape index (κ1) is 34.0. The van der Waals surface area contributed by atoms with E-state index in [4.69, 9.17) is 37.6 Å². The fourth-order valence-electron chi connectivity index (χ4n) is 4.91. The van der Waals surface area contributed by atoms with Crippen LogP contribution in [0.15, 0.2) is 68.0 Å². The van der Waals surface area contributed by atoms with Gasteiger partial charge in [-0.3, -0.25) is 4.79 Å². The monoisotopic (exact) mass is 676 g/mol. The van der Waals surface area contributed by atoms with Gasteiger partial charge in [-0.05, 0) is 37.6 Å². The number of rotatable bonds is 15. The van der Waals surface area contributed by atoms with Crippen LogP contribution in [0, 0.1) is 6.92 Å². The van der Waals surface area contributed by atoms with Gasteiger partial charge in [-0.2, -0.15) is 9.78 Å². The predicted octanol–water partition coefficient (Wildman–Crippen LogP) is 5.85. The van der Waals surface area contributed by atoms with Crippen LogP contribution >= 0.6 is 11.8 Å². The molecule has 252 valence electrons. The van der Waals surface area contributed by atoms with Gasteiger partial charge in [0, 0.05) is 29.0 Å². The standard InChI is InChI=1S/C34H36N4O9S/c1-20-36-37-34(38(20)35-19-21-11-8-9-12-24(21)41-3)48-14-10-13-46-33-30(39)29-25(42-4)17-23(40-2)18-26(29)47-31(33)22-15-27(43-5)32(45-7)28(16-22)44-6/h8-9,11-12,15-19H,10,13-14H2,1-7H3.